The number of ether oxygens (including phenoxy) is 1. The Morgan fingerprint density at radius 3 is 2.22 bits per heavy atom. The van der Waals surface area contributed by atoms with Gasteiger partial charge in [0.05, 0.1) is 24.4 Å². The highest BCUT2D eigenvalue weighted by molar-refractivity contribution is 5.93. The Hall–Kier alpha value is -1.76. The third-order valence-corrected chi connectivity index (χ3v) is 3.80. The molecule has 1 aromatic heterocycles. The number of carbonyl (C=O) groups is 1. The minimum Gasteiger partial charge on any atom is -0.382 e. The Balaban J connectivity index is 2.36. The van der Waals surface area contributed by atoms with E-state index in [2.05, 4.69) is 31.2 Å². The quantitative estimate of drug-likeness (QED) is 0.831. The van der Waals surface area contributed by atoms with Crippen molar-refractivity contribution in [3.63, 3.8) is 0 Å². The molecule has 2 amide bonds. The van der Waals surface area contributed by atoms with Crippen molar-refractivity contribution in [3.05, 3.63) is 5.69 Å². The molecule has 2 rings (SSSR count). The highest BCUT2D eigenvalue weighted by Crippen LogP contribution is 2.36. The van der Waals surface area contributed by atoms with Crippen LogP contribution >= 0.6 is 0 Å². The van der Waals surface area contributed by atoms with E-state index < -0.39 is 0 Å². The van der Waals surface area contributed by atoms with Crippen molar-refractivity contribution in [3.8, 4) is 0 Å². The fourth-order valence-corrected chi connectivity index (χ4v) is 2.54. The molecule has 7 heteroatoms. The number of nitrogens with one attached hydrogen (secondary N) is 1. The molecule has 1 fully saturated rings. The van der Waals surface area contributed by atoms with Crippen molar-refractivity contribution < 1.29 is 9.53 Å². The molecule has 1 aromatic rings. The number of morpholine rings is 1. The second kappa shape index (κ2) is 6.03. The van der Waals surface area contributed by atoms with Crippen molar-refractivity contribution in [1.29, 1.82) is 0 Å². The number of nitrogens with two attached hydrogens (primary N) is 1. The second-order valence-corrected chi connectivity index (χ2v) is 7.97. The number of rotatable bonds is 1. The number of aromatic nitrogens is 2. The average molecular weight is 323 g/mol. The number of hydrogen-bond acceptors (Lipinski definition) is 4. The standard InChI is InChI=1S/C16H29N5O2/c1-15(2,3)12-11(13(17)21(19-12)16(4,5)6)18-14(22)20-7-9-23-10-8-20/h7-10,17H2,1-6H3,(H,18,22). The minimum atomic E-state index is -0.258. The van der Waals surface area contributed by atoms with E-state index in [9.17, 15) is 4.79 Å². The first-order chi connectivity index (χ1) is 10.5. The Bertz CT molecular complexity index is 575. The number of nitrogen functional groups attached to an aromatic ring is 1. The van der Waals surface area contributed by atoms with Crippen molar-refractivity contribution in [2.24, 2.45) is 0 Å². The normalized spacial score (nSPS) is 16.5. The number of hydrogen-bond donors (Lipinski definition) is 2. The number of amides is 2. The van der Waals surface area contributed by atoms with E-state index in [0.717, 1.165) is 5.69 Å². The minimum absolute atomic E-state index is 0.154. The first-order valence-corrected chi connectivity index (χ1v) is 8.05. The maximum absolute atomic E-state index is 12.5. The van der Waals surface area contributed by atoms with Gasteiger partial charge in [-0.15, -0.1) is 0 Å². The maximum atomic E-state index is 12.5. The SMILES string of the molecule is CC(C)(C)c1nn(C(C)(C)C)c(N)c1NC(=O)N1CCOCC1. The van der Waals surface area contributed by atoms with Crippen LogP contribution in [0.15, 0.2) is 0 Å². The molecule has 2 heterocycles. The van der Waals surface area contributed by atoms with E-state index >= 15 is 0 Å². The zero-order valence-electron chi connectivity index (χ0n) is 15.1. The summed E-state index contributed by atoms with van der Waals surface area (Å²) in [6.07, 6.45) is 0. The number of anilines is 2. The van der Waals surface area contributed by atoms with E-state index in [4.69, 9.17) is 10.5 Å². The predicted octanol–water partition coefficient (Wildman–Crippen LogP) is 2.38. The van der Waals surface area contributed by atoms with Crippen LogP contribution in [0.4, 0.5) is 16.3 Å². The first-order valence-electron chi connectivity index (χ1n) is 8.05. The van der Waals surface area contributed by atoms with Gasteiger partial charge in [0, 0.05) is 18.5 Å². The summed E-state index contributed by atoms with van der Waals surface area (Å²) in [5, 5.41) is 7.65. The average Bonchev–Trinajstić information content (AvgIpc) is 2.77. The van der Waals surface area contributed by atoms with Crippen molar-refractivity contribution in [2.75, 3.05) is 37.4 Å². The fourth-order valence-electron chi connectivity index (χ4n) is 2.54. The maximum Gasteiger partial charge on any atom is 0.322 e. The molecule has 0 unspecified atom stereocenters. The molecule has 1 saturated heterocycles. The van der Waals surface area contributed by atoms with Crippen LogP contribution in [0.5, 0.6) is 0 Å². The summed E-state index contributed by atoms with van der Waals surface area (Å²) >= 11 is 0. The Morgan fingerprint density at radius 2 is 1.74 bits per heavy atom. The van der Waals surface area contributed by atoms with E-state index in [1.54, 1.807) is 9.58 Å². The lowest BCUT2D eigenvalue weighted by Gasteiger charge is -2.27. The number of urea groups is 1. The molecule has 7 nitrogen and oxygen atoms in total. The summed E-state index contributed by atoms with van der Waals surface area (Å²) < 4.78 is 7.07. The molecule has 0 bridgehead atoms. The lowest BCUT2D eigenvalue weighted by Crippen LogP contribution is -2.43. The molecule has 3 N–H and O–H groups in total. The molecule has 0 aliphatic carbocycles. The Morgan fingerprint density at radius 1 is 1.17 bits per heavy atom. The largest absolute Gasteiger partial charge is 0.382 e. The summed E-state index contributed by atoms with van der Waals surface area (Å²) in [7, 11) is 0. The van der Waals surface area contributed by atoms with Gasteiger partial charge >= 0.3 is 6.03 Å². The van der Waals surface area contributed by atoms with Crippen LogP contribution in [0.3, 0.4) is 0 Å². The van der Waals surface area contributed by atoms with E-state index in [-0.39, 0.29) is 17.0 Å². The van der Waals surface area contributed by atoms with Gasteiger partial charge in [0.2, 0.25) is 0 Å². The third-order valence-electron chi connectivity index (χ3n) is 3.80. The Labute approximate surface area is 138 Å². The zero-order valence-corrected chi connectivity index (χ0v) is 15.1. The summed E-state index contributed by atoms with van der Waals surface area (Å²) in [5.41, 5.74) is 7.24. The van der Waals surface area contributed by atoms with Crippen LogP contribution < -0.4 is 11.1 Å². The molecule has 0 atom stereocenters. The summed E-state index contributed by atoms with van der Waals surface area (Å²) in [6.45, 7) is 14.6. The first kappa shape index (κ1) is 17.6. The van der Waals surface area contributed by atoms with Gasteiger partial charge in [-0.05, 0) is 20.8 Å². The summed E-state index contributed by atoms with van der Waals surface area (Å²) in [5.74, 6) is 0.490. The summed E-state index contributed by atoms with van der Waals surface area (Å²) in [6, 6.07) is -0.154. The number of nitrogens with zero attached hydrogens (tertiary/aromatic N) is 3. The molecule has 0 aromatic carbocycles. The van der Waals surface area contributed by atoms with Crippen molar-refractivity contribution in [1.82, 2.24) is 14.7 Å². The molecule has 23 heavy (non-hydrogen) atoms. The second-order valence-electron chi connectivity index (χ2n) is 7.97. The molecule has 0 saturated carbocycles. The van der Waals surface area contributed by atoms with Crippen molar-refractivity contribution in [2.45, 2.75) is 52.5 Å². The molecule has 0 spiro atoms. The van der Waals surface area contributed by atoms with Crippen LogP contribution in [-0.4, -0.2) is 47.0 Å². The van der Waals surface area contributed by atoms with Gasteiger partial charge in [0.25, 0.3) is 0 Å². The lowest BCUT2D eigenvalue weighted by atomic mass is 9.91. The van der Waals surface area contributed by atoms with Gasteiger partial charge in [-0.2, -0.15) is 5.10 Å². The van der Waals surface area contributed by atoms with Crippen LogP contribution in [0, 0.1) is 0 Å². The molecule has 0 radical (unpaired) electrons. The smallest absolute Gasteiger partial charge is 0.322 e. The zero-order chi connectivity index (χ0) is 17.4. The number of carbonyl (C=O) groups excluding carboxylic acids is 1. The molecule has 1 aliphatic heterocycles. The topological polar surface area (TPSA) is 85.4 Å². The molecule has 1 aliphatic rings. The third kappa shape index (κ3) is 3.77. The predicted molar refractivity (Wildman–Crippen MR) is 91.7 cm³/mol. The Kier molecular flexibility index (Phi) is 4.61. The highest BCUT2D eigenvalue weighted by atomic mass is 16.5. The van der Waals surface area contributed by atoms with Gasteiger partial charge < -0.3 is 20.7 Å². The van der Waals surface area contributed by atoms with Crippen LogP contribution in [0.25, 0.3) is 0 Å². The van der Waals surface area contributed by atoms with E-state index in [1.807, 2.05) is 20.8 Å². The monoisotopic (exact) mass is 323 g/mol. The van der Waals surface area contributed by atoms with E-state index in [1.165, 1.54) is 0 Å². The molecular formula is C16H29N5O2. The summed E-state index contributed by atoms with van der Waals surface area (Å²) in [4.78, 5) is 14.3. The lowest BCUT2D eigenvalue weighted by molar-refractivity contribution is 0.0564. The van der Waals surface area contributed by atoms with Gasteiger partial charge in [-0.25, -0.2) is 9.48 Å². The van der Waals surface area contributed by atoms with Crippen LogP contribution in [0.1, 0.15) is 47.2 Å². The van der Waals surface area contributed by atoms with Crippen molar-refractivity contribution >= 4 is 17.5 Å². The van der Waals surface area contributed by atoms with E-state index in [0.29, 0.717) is 37.8 Å². The van der Waals surface area contributed by atoms with Gasteiger partial charge in [0.15, 0.2) is 0 Å². The highest BCUT2D eigenvalue weighted by Gasteiger charge is 2.31. The van der Waals surface area contributed by atoms with Gasteiger partial charge in [-0.3, -0.25) is 0 Å². The molecule has 130 valence electrons. The van der Waals surface area contributed by atoms with Crippen LogP contribution in [0.2, 0.25) is 0 Å². The van der Waals surface area contributed by atoms with Crippen LogP contribution in [-0.2, 0) is 15.7 Å². The van der Waals surface area contributed by atoms with Gasteiger partial charge in [-0.1, -0.05) is 20.8 Å². The fraction of sp³-hybridized carbons (Fsp3) is 0.750. The van der Waals surface area contributed by atoms with Gasteiger partial charge in [0.1, 0.15) is 11.5 Å². The molecular weight excluding hydrogens is 294 g/mol.